The second-order valence-electron chi connectivity index (χ2n) is 11.4. The molecule has 35 heavy (non-hydrogen) atoms. The highest BCUT2D eigenvalue weighted by molar-refractivity contribution is 5.98. The van der Waals surface area contributed by atoms with Gasteiger partial charge < -0.3 is 14.8 Å². The topological polar surface area (TPSA) is 84.9 Å². The van der Waals surface area contributed by atoms with Gasteiger partial charge in [-0.3, -0.25) is 9.69 Å². The Kier molecular flexibility index (Phi) is 6.38. The molecular weight excluding hydrogens is 444 g/mol. The zero-order valence-electron chi connectivity index (χ0n) is 21.3. The fourth-order valence-corrected chi connectivity index (χ4v) is 4.41. The van der Waals surface area contributed by atoms with Gasteiger partial charge in [0.1, 0.15) is 17.2 Å². The van der Waals surface area contributed by atoms with Gasteiger partial charge in [0.2, 0.25) is 5.91 Å². The maximum Gasteiger partial charge on any atom is 0.410 e. The number of esters is 1. The molecule has 2 amide bonds. The molecule has 1 aliphatic heterocycles. The SMILES string of the molecule is CC(C)(C)OC(=O)c1ccc(-c2ccc(NC(=O)[C@H]3[C@@H]4C[C@@H]4CN3C(=O)OC(C)(C)C)cc2)cc1. The van der Waals surface area contributed by atoms with Crippen LogP contribution in [0.5, 0.6) is 0 Å². The summed E-state index contributed by atoms with van der Waals surface area (Å²) in [6.45, 7) is 11.5. The third kappa shape index (κ3) is 6.02. The quantitative estimate of drug-likeness (QED) is 0.587. The van der Waals surface area contributed by atoms with E-state index in [9.17, 15) is 14.4 Å². The molecule has 1 saturated heterocycles. The molecule has 1 saturated carbocycles. The molecule has 186 valence electrons. The van der Waals surface area contributed by atoms with Crippen LogP contribution in [-0.4, -0.2) is 46.7 Å². The minimum Gasteiger partial charge on any atom is -0.456 e. The van der Waals surface area contributed by atoms with Crippen molar-refractivity contribution in [3.8, 4) is 11.1 Å². The molecule has 1 aliphatic carbocycles. The lowest BCUT2D eigenvalue weighted by Gasteiger charge is -2.29. The summed E-state index contributed by atoms with van der Waals surface area (Å²) in [5, 5.41) is 2.96. The van der Waals surface area contributed by atoms with Crippen molar-refractivity contribution < 1.29 is 23.9 Å². The van der Waals surface area contributed by atoms with Gasteiger partial charge in [0.25, 0.3) is 0 Å². The molecule has 2 aliphatic rings. The number of carbonyl (C=O) groups is 3. The molecular formula is C28H34N2O5. The Morgan fingerprint density at radius 2 is 1.37 bits per heavy atom. The molecule has 0 unspecified atom stereocenters. The summed E-state index contributed by atoms with van der Waals surface area (Å²) in [4.78, 5) is 39.5. The van der Waals surface area contributed by atoms with E-state index in [-0.39, 0.29) is 17.8 Å². The standard InChI is InChI=1S/C28H34N2O5/c1-27(2,3)34-25(32)19-9-7-17(8-10-19)18-11-13-21(14-12-18)29-24(31)23-22-15-20(22)16-30(23)26(33)35-28(4,5)6/h7-14,20,22-23H,15-16H2,1-6H3,(H,29,31)/t20-,22-,23-/m1/s1. The highest BCUT2D eigenvalue weighted by Gasteiger charge is 2.57. The van der Waals surface area contributed by atoms with Crippen LogP contribution in [0.3, 0.4) is 0 Å². The number of rotatable bonds is 4. The predicted octanol–water partition coefficient (Wildman–Crippen LogP) is 5.50. The fraction of sp³-hybridized carbons (Fsp3) is 0.464. The predicted molar refractivity (Wildman–Crippen MR) is 134 cm³/mol. The lowest BCUT2D eigenvalue weighted by Crippen LogP contribution is -2.47. The number of piperidine rings is 1. The van der Waals surface area contributed by atoms with Crippen LogP contribution in [0.2, 0.25) is 0 Å². The molecule has 7 heteroatoms. The van der Waals surface area contributed by atoms with Crippen LogP contribution in [0.1, 0.15) is 58.3 Å². The fourth-order valence-electron chi connectivity index (χ4n) is 4.41. The summed E-state index contributed by atoms with van der Waals surface area (Å²) in [5.74, 6) is 0.0391. The third-order valence-corrected chi connectivity index (χ3v) is 6.05. The number of hydrogen-bond acceptors (Lipinski definition) is 5. The summed E-state index contributed by atoms with van der Waals surface area (Å²) in [6.07, 6.45) is 0.533. The Balaban J connectivity index is 1.40. The van der Waals surface area contributed by atoms with Crippen molar-refractivity contribution in [3.05, 3.63) is 54.1 Å². The van der Waals surface area contributed by atoms with Gasteiger partial charge in [-0.2, -0.15) is 0 Å². The number of nitrogens with one attached hydrogen (secondary N) is 1. The maximum absolute atomic E-state index is 13.1. The summed E-state index contributed by atoms with van der Waals surface area (Å²) in [5.41, 5.74) is 1.92. The second kappa shape index (κ2) is 9.02. The molecule has 2 aromatic rings. The van der Waals surface area contributed by atoms with E-state index in [1.807, 2.05) is 77.9 Å². The number of benzene rings is 2. The first kappa shape index (κ1) is 24.8. The molecule has 2 fully saturated rings. The van der Waals surface area contributed by atoms with E-state index in [1.165, 1.54) is 0 Å². The van der Waals surface area contributed by atoms with E-state index in [0.29, 0.717) is 23.7 Å². The number of anilines is 1. The van der Waals surface area contributed by atoms with Crippen molar-refractivity contribution in [2.24, 2.45) is 11.8 Å². The van der Waals surface area contributed by atoms with Crippen molar-refractivity contribution in [2.75, 3.05) is 11.9 Å². The van der Waals surface area contributed by atoms with Crippen molar-refractivity contribution in [1.82, 2.24) is 4.90 Å². The Morgan fingerprint density at radius 1 is 0.829 bits per heavy atom. The first-order valence-electron chi connectivity index (χ1n) is 12.0. The van der Waals surface area contributed by atoms with Crippen LogP contribution in [0.25, 0.3) is 11.1 Å². The molecule has 0 bridgehead atoms. The van der Waals surface area contributed by atoms with Gasteiger partial charge in [-0.25, -0.2) is 9.59 Å². The van der Waals surface area contributed by atoms with Gasteiger partial charge >= 0.3 is 12.1 Å². The Bertz CT molecular complexity index is 1110. The minimum atomic E-state index is -0.605. The van der Waals surface area contributed by atoms with Crippen LogP contribution >= 0.6 is 0 Å². The largest absolute Gasteiger partial charge is 0.456 e. The summed E-state index contributed by atoms with van der Waals surface area (Å²) in [6, 6.07) is 14.2. The molecule has 1 N–H and O–H groups in total. The van der Waals surface area contributed by atoms with Crippen LogP contribution in [-0.2, 0) is 14.3 Å². The molecule has 7 nitrogen and oxygen atoms in total. The van der Waals surface area contributed by atoms with Crippen molar-refractivity contribution in [3.63, 3.8) is 0 Å². The second-order valence-corrected chi connectivity index (χ2v) is 11.4. The third-order valence-electron chi connectivity index (χ3n) is 6.05. The highest BCUT2D eigenvalue weighted by atomic mass is 16.6. The monoisotopic (exact) mass is 478 g/mol. The smallest absolute Gasteiger partial charge is 0.410 e. The Morgan fingerprint density at radius 3 is 1.91 bits per heavy atom. The van der Waals surface area contributed by atoms with Crippen LogP contribution < -0.4 is 5.32 Å². The molecule has 3 atom stereocenters. The van der Waals surface area contributed by atoms with Crippen molar-refractivity contribution in [1.29, 1.82) is 0 Å². The van der Waals surface area contributed by atoms with E-state index < -0.39 is 23.3 Å². The summed E-state index contributed by atoms with van der Waals surface area (Å²) >= 11 is 0. The number of likely N-dealkylation sites (tertiary alicyclic amines) is 1. The number of carbonyl (C=O) groups excluding carboxylic acids is 3. The molecule has 0 spiro atoms. The Hall–Kier alpha value is -3.35. The van der Waals surface area contributed by atoms with Crippen molar-refractivity contribution >= 4 is 23.7 Å². The maximum atomic E-state index is 13.1. The van der Waals surface area contributed by atoms with E-state index in [2.05, 4.69) is 5.32 Å². The van der Waals surface area contributed by atoms with E-state index in [1.54, 1.807) is 17.0 Å². The Labute approximate surface area is 206 Å². The molecule has 0 aromatic heterocycles. The van der Waals surface area contributed by atoms with Gasteiger partial charge in [-0.05, 0) is 95.2 Å². The summed E-state index contributed by atoms with van der Waals surface area (Å²) < 4.78 is 10.9. The minimum absolute atomic E-state index is 0.185. The van der Waals surface area contributed by atoms with Gasteiger partial charge in [0.05, 0.1) is 5.56 Å². The van der Waals surface area contributed by atoms with Crippen LogP contribution in [0, 0.1) is 11.8 Å². The van der Waals surface area contributed by atoms with Crippen LogP contribution in [0.4, 0.5) is 10.5 Å². The van der Waals surface area contributed by atoms with Gasteiger partial charge in [-0.15, -0.1) is 0 Å². The highest BCUT2D eigenvalue weighted by Crippen LogP contribution is 2.50. The van der Waals surface area contributed by atoms with Gasteiger partial charge in [0, 0.05) is 12.2 Å². The van der Waals surface area contributed by atoms with Gasteiger partial charge in [-0.1, -0.05) is 24.3 Å². The number of nitrogens with zero attached hydrogens (tertiary/aromatic N) is 1. The van der Waals surface area contributed by atoms with E-state index >= 15 is 0 Å². The number of amides is 2. The first-order valence-corrected chi connectivity index (χ1v) is 12.0. The lowest BCUT2D eigenvalue weighted by molar-refractivity contribution is -0.121. The van der Waals surface area contributed by atoms with E-state index in [0.717, 1.165) is 17.5 Å². The average molecular weight is 479 g/mol. The van der Waals surface area contributed by atoms with Crippen molar-refractivity contribution in [2.45, 2.75) is 65.2 Å². The summed E-state index contributed by atoms with van der Waals surface area (Å²) in [7, 11) is 0. The van der Waals surface area contributed by atoms with Crippen LogP contribution in [0.15, 0.2) is 48.5 Å². The number of ether oxygens (including phenoxy) is 2. The zero-order chi connectivity index (χ0) is 25.5. The van der Waals surface area contributed by atoms with Gasteiger partial charge in [0.15, 0.2) is 0 Å². The number of fused-ring (bicyclic) bond motifs is 1. The van der Waals surface area contributed by atoms with E-state index in [4.69, 9.17) is 9.47 Å². The molecule has 0 radical (unpaired) electrons. The average Bonchev–Trinajstić information content (AvgIpc) is 3.41. The molecule has 1 heterocycles. The zero-order valence-corrected chi connectivity index (χ0v) is 21.3. The lowest BCUT2D eigenvalue weighted by atomic mass is 10.0. The molecule has 2 aromatic carbocycles. The first-order chi connectivity index (χ1) is 16.3. The molecule has 4 rings (SSSR count). The number of hydrogen-bond donors (Lipinski definition) is 1. The normalized spacial score (nSPS) is 21.2.